The highest BCUT2D eigenvalue weighted by Gasteiger charge is 2.50. The smallest absolute Gasteiger partial charge is 0.472 e. The molecule has 1 saturated carbocycles. The number of ether oxygens (including phenoxy) is 2. The number of nitrogens with two attached hydrogens (primary N) is 1. The number of hydrogen-bond acceptors (Lipinski definition) is 14. The van der Waals surface area contributed by atoms with Gasteiger partial charge < -0.3 is 25.0 Å². The van der Waals surface area contributed by atoms with E-state index >= 15 is 0 Å². The molecule has 2 bridgehead atoms. The summed E-state index contributed by atoms with van der Waals surface area (Å²) < 4.78 is 61.1. The number of aromatic amines is 1. The van der Waals surface area contributed by atoms with Gasteiger partial charge >= 0.3 is 15.6 Å². The van der Waals surface area contributed by atoms with Crippen LogP contribution in [-0.2, 0) is 32.0 Å². The molecule has 3 fully saturated rings. The van der Waals surface area contributed by atoms with Gasteiger partial charge in [0.25, 0.3) is 5.56 Å². The average molecular weight is 615 g/mol. The largest absolute Gasteiger partial charge is 0.474 e. The van der Waals surface area contributed by atoms with Crippen LogP contribution in [0.2, 0.25) is 0 Å². The Balaban J connectivity index is 1.28. The fourth-order valence-corrected chi connectivity index (χ4v) is 7.29. The van der Waals surface area contributed by atoms with Crippen molar-refractivity contribution in [2.75, 3.05) is 18.9 Å². The average Bonchev–Trinajstić information content (AvgIpc) is 3.57. The van der Waals surface area contributed by atoms with Crippen molar-refractivity contribution < 1.29 is 46.5 Å². The molecular formula is C21H27N7O11P2. The van der Waals surface area contributed by atoms with Crippen LogP contribution in [-0.4, -0.2) is 76.9 Å². The van der Waals surface area contributed by atoms with Crippen LogP contribution in [0.1, 0.15) is 26.0 Å². The fraction of sp³-hybridized carbons (Fsp3) is 0.571. The predicted molar refractivity (Wildman–Crippen MR) is 136 cm³/mol. The zero-order valence-corrected chi connectivity index (χ0v) is 23.2. The fourth-order valence-electron chi connectivity index (χ4n) is 5.24. The molecule has 2 saturated heterocycles. The summed E-state index contributed by atoms with van der Waals surface area (Å²) in [4.78, 5) is 51.9. The van der Waals surface area contributed by atoms with Crippen LogP contribution in [0.15, 0.2) is 29.7 Å². The maximum absolute atomic E-state index is 13.2. The molecule has 222 valence electrons. The number of aromatic nitrogens is 6. The first-order chi connectivity index (χ1) is 19.5. The van der Waals surface area contributed by atoms with Gasteiger partial charge in [0, 0.05) is 30.5 Å². The lowest BCUT2D eigenvalue weighted by Crippen LogP contribution is -2.28. The molecule has 18 nitrogen and oxygen atoms in total. The SMILES string of the molecule is C[C@H]1[C@H]2OP(=O)(O)OC[C@H]3C[C@@H](Oc4ccncn4)C[C@@H]3OP(=O)(O)OC[C@H]1O[C@H]2n1cnc2c(=O)[nH]c(N)nc21. The van der Waals surface area contributed by atoms with Crippen LogP contribution < -0.4 is 16.0 Å². The molecule has 41 heavy (non-hydrogen) atoms. The van der Waals surface area contributed by atoms with Crippen LogP contribution in [0, 0.1) is 11.8 Å². The summed E-state index contributed by atoms with van der Waals surface area (Å²) in [7, 11) is -9.38. The lowest BCUT2D eigenvalue weighted by Gasteiger charge is -2.26. The number of fused-ring (bicyclic) bond motifs is 4. The first-order valence-corrected chi connectivity index (χ1v) is 15.6. The summed E-state index contributed by atoms with van der Waals surface area (Å²) in [5.41, 5.74) is 5.09. The zero-order chi connectivity index (χ0) is 28.9. The maximum atomic E-state index is 13.2. The quantitative estimate of drug-likeness (QED) is 0.299. The number of nitrogen functional groups attached to an aromatic ring is 1. The highest BCUT2D eigenvalue weighted by molar-refractivity contribution is 7.47. The van der Waals surface area contributed by atoms with Crippen molar-refractivity contribution in [2.45, 2.75) is 50.4 Å². The molecule has 3 aliphatic rings. The van der Waals surface area contributed by atoms with E-state index in [9.17, 15) is 23.7 Å². The topological polar surface area (TPSA) is 245 Å². The highest BCUT2D eigenvalue weighted by Crippen LogP contribution is 2.55. The molecule has 0 amide bonds. The standard InChI is InChI=1S/C21H27N7O11P2/c1-10-14-7-35-40(30,31)38-13-5-12(36-15-2-3-23-8-24-15)4-11(13)6-34-41(32,33)39-17(10)20(37-14)28-9-25-16-18(28)26-21(22)27-19(16)29/h2-3,8-14,17,20H,4-7H2,1H3,(H,30,31)(H,32,33)(H3,22,26,27,29)/t10-,11-,12-,13+,14-,17-,20-/m1/s1. The Labute approximate surface area is 231 Å². The molecule has 9 atom stereocenters. The Hall–Kier alpha value is -2.79. The Morgan fingerprint density at radius 1 is 1.12 bits per heavy atom. The van der Waals surface area contributed by atoms with Crippen LogP contribution in [0.4, 0.5) is 5.95 Å². The number of imidazole rings is 1. The van der Waals surface area contributed by atoms with Gasteiger partial charge in [0.05, 0.1) is 31.7 Å². The summed E-state index contributed by atoms with van der Waals surface area (Å²) in [6.45, 7) is 0.849. The number of hydrogen-bond donors (Lipinski definition) is 4. The second-order valence-electron chi connectivity index (χ2n) is 9.96. The molecule has 0 spiro atoms. The summed E-state index contributed by atoms with van der Waals surface area (Å²) in [6, 6.07) is 1.55. The van der Waals surface area contributed by atoms with Crippen molar-refractivity contribution in [1.29, 1.82) is 0 Å². The minimum atomic E-state index is -4.74. The summed E-state index contributed by atoms with van der Waals surface area (Å²) in [6.07, 6.45) is -0.174. The number of phosphoric acid groups is 2. The second kappa shape index (κ2) is 10.8. The van der Waals surface area contributed by atoms with Gasteiger partial charge in [0.2, 0.25) is 11.8 Å². The molecule has 2 aliphatic heterocycles. The van der Waals surface area contributed by atoms with E-state index in [2.05, 4.69) is 24.9 Å². The van der Waals surface area contributed by atoms with Crippen LogP contribution in [0.5, 0.6) is 5.88 Å². The molecule has 0 aromatic carbocycles. The van der Waals surface area contributed by atoms with Crippen molar-refractivity contribution in [3.8, 4) is 5.88 Å². The number of phosphoric ester groups is 2. The first kappa shape index (κ1) is 28.3. The van der Waals surface area contributed by atoms with E-state index < -0.39 is 70.3 Å². The van der Waals surface area contributed by atoms with Gasteiger partial charge in [-0.25, -0.2) is 24.1 Å². The van der Waals surface area contributed by atoms with Gasteiger partial charge in [0.15, 0.2) is 17.4 Å². The van der Waals surface area contributed by atoms with Crippen molar-refractivity contribution >= 4 is 32.8 Å². The van der Waals surface area contributed by atoms with Crippen molar-refractivity contribution in [1.82, 2.24) is 29.5 Å². The zero-order valence-electron chi connectivity index (χ0n) is 21.5. The van der Waals surface area contributed by atoms with E-state index in [0.717, 1.165) is 0 Å². The van der Waals surface area contributed by atoms with Gasteiger partial charge in [-0.1, -0.05) is 6.92 Å². The number of rotatable bonds is 3. The molecular weight excluding hydrogens is 588 g/mol. The Morgan fingerprint density at radius 2 is 1.90 bits per heavy atom. The van der Waals surface area contributed by atoms with Gasteiger partial charge in [-0.2, -0.15) is 4.98 Å². The Bertz CT molecular complexity index is 1570. The van der Waals surface area contributed by atoms with Gasteiger partial charge in [-0.05, 0) is 6.42 Å². The van der Waals surface area contributed by atoms with Gasteiger partial charge in [-0.3, -0.25) is 32.4 Å². The van der Waals surface area contributed by atoms with Gasteiger partial charge in [-0.15, -0.1) is 0 Å². The second-order valence-corrected chi connectivity index (χ2v) is 12.8. The number of nitrogens with zero attached hydrogens (tertiary/aromatic N) is 5. The third kappa shape index (κ3) is 5.93. The van der Waals surface area contributed by atoms with Crippen molar-refractivity contribution in [3.05, 3.63) is 35.3 Å². The third-order valence-electron chi connectivity index (χ3n) is 7.23. The summed E-state index contributed by atoms with van der Waals surface area (Å²) in [5.74, 6) is -1.20. The normalized spacial score (nSPS) is 38.1. The lowest BCUT2D eigenvalue weighted by molar-refractivity contribution is -0.0547. The van der Waals surface area contributed by atoms with Gasteiger partial charge in [0.1, 0.15) is 18.5 Å². The van der Waals surface area contributed by atoms with E-state index in [-0.39, 0.29) is 36.6 Å². The number of H-pyrrole nitrogens is 1. The van der Waals surface area contributed by atoms with E-state index in [1.165, 1.54) is 23.4 Å². The van der Waals surface area contributed by atoms with Crippen LogP contribution >= 0.6 is 15.6 Å². The van der Waals surface area contributed by atoms with E-state index in [1.54, 1.807) is 13.0 Å². The van der Waals surface area contributed by atoms with Crippen molar-refractivity contribution in [2.24, 2.45) is 11.8 Å². The minimum absolute atomic E-state index is 0.0353. The third-order valence-corrected chi connectivity index (χ3v) is 9.23. The molecule has 2 unspecified atom stereocenters. The molecule has 3 aromatic rings. The first-order valence-electron chi connectivity index (χ1n) is 12.6. The summed E-state index contributed by atoms with van der Waals surface area (Å²) in [5, 5.41) is 0. The lowest BCUT2D eigenvalue weighted by atomic mass is 10.0. The summed E-state index contributed by atoms with van der Waals surface area (Å²) >= 11 is 0. The maximum Gasteiger partial charge on any atom is 0.472 e. The number of anilines is 1. The minimum Gasteiger partial charge on any atom is -0.474 e. The molecule has 3 aromatic heterocycles. The molecule has 5 N–H and O–H groups in total. The monoisotopic (exact) mass is 615 g/mol. The van der Waals surface area contributed by atoms with E-state index in [1.807, 2.05) is 0 Å². The Morgan fingerprint density at radius 3 is 2.68 bits per heavy atom. The van der Waals surface area contributed by atoms with E-state index in [4.69, 9.17) is 33.3 Å². The Kier molecular flexibility index (Phi) is 7.46. The van der Waals surface area contributed by atoms with E-state index in [0.29, 0.717) is 5.88 Å². The number of nitrogens with one attached hydrogen (secondary N) is 1. The molecule has 1 aliphatic carbocycles. The molecule has 0 radical (unpaired) electrons. The molecule has 5 heterocycles. The van der Waals surface area contributed by atoms with Crippen molar-refractivity contribution in [3.63, 3.8) is 0 Å². The van der Waals surface area contributed by atoms with Crippen LogP contribution in [0.25, 0.3) is 11.2 Å². The highest BCUT2D eigenvalue weighted by atomic mass is 31.2. The molecule has 6 rings (SSSR count). The molecule has 20 heteroatoms. The predicted octanol–water partition coefficient (Wildman–Crippen LogP) is 0.901. The van der Waals surface area contributed by atoms with Crippen LogP contribution in [0.3, 0.4) is 0 Å².